The third kappa shape index (κ3) is 5.02. The molecule has 0 aliphatic carbocycles. The lowest BCUT2D eigenvalue weighted by atomic mass is 10.0. The maximum atomic E-state index is 11.8. The van der Waals surface area contributed by atoms with Gasteiger partial charge in [0.05, 0.1) is 0 Å². The van der Waals surface area contributed by atoms with Crippen molar-refractivity contribution >= 4 is 17.5 Å². The normalized spacial score (nSPS) is 12.9. The molecule has 1 amide bonds. The van der Waals surface area contributed by atoms with E-state index in [4.69, 9.17) is 22.1 Å². The summed E-state index contributed by atoms with van der Waals surface area (Å²) in [4.78, 5) is 11.8. The summed E-state index contributed by atoms with van der Waals surface area (Å²) in [6.07, 6.45) is 0.852. The highest BCUT2D eigenvalue weighted by Gasteiger charge is 2.18. The van der Waals surface area contributed by atoms with Crippen LogP contribution in [0.2, 0.25) is 5.02 Å². The Morgan fingerprint density at radius 2 is 2.15 bits per heavy atom. The van der Waals surface area contributed by atoms with Gasteiger partial charge < -0.3 is 15.8 Å². The number of benzene rings is 1. The van der Waals surface area contributed by atoms with Crippen LogP contribution < -0.4 is 15.8 Å². The Kier molecular flexibility index (Phi) is 5.84. The van der Waals surface area contributed by atoms with Crippen molar-refractivity contribution < 1.29 is 9.53 Å². The van der Waals surface area contributed by atoms with Crippen LogP contribution in [0.4, 0.5) is 0 Å². The summed E-state index contributed by atoms with van der Waals surface area (Å²) in [7, 11) is 0. The Bertz CT molecular complexity index is 473. The molecule has 0 fully saturated rings. The minimum atomic E-state index is -0.232. The smallest absolute Gasteiger partial charge is 0.258 e. The lowest BCUT2D eigenvalue weighted by Gasteiger charge is -2.24. The topological polar surface area (TPSA) is 64.3 Å². The fourth-order valence-electron chi connectivity index (χ4n) is 1.65. The summed E-state index contributed by atoms with van der Waals surface area (Å²) in [5.74, 6) is 0.441. The number of ether oxygens (including phenoxy) is 1. The summed E-state index contributed by atoms with van der Waals surface area (Å²) >= 11 is 5.94. The van der Waals surface area contributed by atoms with Gasteiger partial charge in [-0.05, 0) is 45.4 Å². The van der Waals surface area contributed by atoms with E-state index in [9.17, 15) is 4.79 Å². The molecule has 0 spiro atoms. The molecule has 0 bridgehead atoms. The Balaban J connectivity index is 2.68. The number of hydrogen-bond donors (Lipinski definition) is 2. The van der Waals surface area contributed by atoms with Gasteiger partial charge in [-0.1, -0.05) is 18.5 Å². The van der Waals surface area contributed by atoms with E-state index in [-0.39, 0.29) is 24.1 Å². The lowest BCUT2D eigenvalue weighted by molar-refractivity contribution is -0.124. The Morgan fingerprint density at radius 3 is 2.70 bits per heavy atom. The second kappa shape index (κ2) is 6.95. The third-order valence-electron chi connectivity index (χ3n) is 3.18. The third-order valence-corrected chi connectivity index (χ3v) is 3.42. The Labute approximate surface area is 125 Å². The standard InChI is InChI=1S/C15H23ClN2O2/c1-5-15(3,4)18-14(19)9-20-13-7-6-11(16)8-12(13)10(2)17/h6-8,10H,5,9,17H2,1-4H3,(H,18,19)/t10-/m1/s1. The molecule has 1 aromatic rings. The van der Waals surface area contributed by atoms with E-state index in [1.807, 2.05) is 27.7 Å². The van der Waals surface area contributed by atoms with Gasteiger partial charge in [0.25, 0.3) is 5.91 Å². The van der Waals surface area contributed by atoms with Crippen molar-refractivity contribution in [2.24, 2.45) is 5.73 Å². The second-order valence-electron chi connectivity index (χ2n) is 5.55. The molecular formula is C15H23ClN2O2. The molecule has 0 aromatic heterocycles. The van der Waals surface area contributed by atoms with Crippen molar-refractivity contribution in [3.8, 4) is 5.75 Å². The quantitative estimate of drug-likeness (QED) is 0.848. The average molecular weight is 299 g/mol. The molecular weight excluding hydrogens is 276 g/mol. The molecule has 0 aliphatic heterocycles. The Morgan fingerprint density at radius 1 is 1.50 bits per heavy atom. The molecule has 112 valence electrons. The molecule has 0 saturated heterocycles. The van der Waals surface area contributed by atoms with Gasteiger partial charge in [0.2, 0.25) is 0 Å². The van der Waals surface area contributed by atoms with E-state index in [0.717, 1.165) is 12.0 Å². The maximum absolute atomic E-state index is 11.8. The van der Waals surface area contributed by atoms with Crippen molar-refractivity contribution in [3.63, 3.8) is 0 Å². The molecule has 5 heteroatoms. The van der Waals surface area contributed by atoms with Gasteiger partial charge in [0.15, 0.2) is 6.61 Å². The fraction of sp³-hybridized carbons (Fsp3) is 0.533. The maximum Gasteiger partial charge on any atom is 0.258 e. The van der Waals surface area contributed by atoms with Crippen molar-refractivity contribution in [3.05, 3.63) is 28.8 Å². The molecule has 4 nitrogen and oxygen atoms in total. The molecule has 0 aliphatic rings. The summed E-state index contributed by atoms with van der Waals surface area (Å²) < 4.78 is 5.55. The number of carbonyl (C=O) groups is 1. The predicted octanol–water partition coefficient (Wildman–Crippen LogP) is 3.04. The highest BCUT2D eigenvalue weighted by atomic mass is 35.5. The second-order valence-corrected chi connectivity index (χ2v) is 5.98. The van der Waals surface area contributed by atoms with Gasteiger partial charge in [0.1, 0.15) is 5.75 Å². The van der Waals surface area contributed by atoms with E-state index in [1.54, 1.807) is 18.2 Å². The van der Waals surface area contributed by atoms with E-state index in [0.29, 0.717) is 10.8 Å². The van der Waals surface area contributed by atoms with Crippen LogP contribution in [0.3, 0.4) is 0 Å². The zero-order chi connectivity index (χ0) is 15.3. The van der Waals surface area contributed by atoms with Gasteiger partial charge in [-0.25, -0.2) is 0 Å². The van der Waals surface area contributed by atoms with Crippen molar-refractivity contribution in [2.75, 3.05) is 6.61 Å². The molecule has 1 aromatic carbocycles. The average Bonchev–Trinajstić information content (AvgIpc) is 2.36. The molecule has 1 atom stereocenters. The minimum Gasteiger partial charge on any atom is -0.483 e. The predicted molar refractivity (Wildman–Crippen MR) is 82.1 cm³/mol. The number of hydrogen-bond acceptors (Lipinski definition) is 3. The molecule has 20 heavy (non-hydrogen) atoms. The summed E-state index contributed by atoms with van der Waals surface area (Å²) in [6, 6.07) is 5.00. The molecule has 0 saturated carbocycles. The number of rotatable bonds is 6. The van der Waals surface area contributed by atoms with Gasteiger partial charge in [-0.2, -0.15) is 0 Å². The molecule has 1 rings (SSSR count). The van der Waals surface area contributed by atoms with Gasteiger partial charge >= 0.3 is 0 Å². The van der Waals surface area contributed by atoms with Crippen molar-refractivity contribution in [2.45, 2.75) is 45.7 Å². The first-order chi connectivity index (χ1) is 9.25. The summed E-state index contributed by atoms with van der Waals surface area (Å²) in [6.45, 7) is 7.78. The zero-order valence-corrected chi connectivity index (χ0v) is 13.3. The van der Waals surface area contributed by atoms with Crippen LogP contribution in [-0.4, -0.2) is 18.1 Å². The first kappa shape index (κ1) is 16.8. The monoisotopic (exact) mass is 298 g/mol. The molecule has 0 radical (unpaired) electrons. The van der Waals surface area contributed by atoms with Gasteiger partial charge in [-0.15, -0.1) is 0 Å². The van der Waals surface area contributed by atoms with Crippen LogP contribution in [0.25, 0.3) is 0 Å². The fourth-order valence-corrected chi connectivity index (χ4v) is 1.83. The van der Waals surface area contributed by atoms with Crippen LogP contribution >= 0.6 is 11.6 Å². The van der Waals surface area contributed by atoms with E-state index in [2.05, 4.69) is 5.32 Å². The number of carbonyl (C=O) groups excluding carboxylic acids is 1. The van der Waals surface area contributed by atoms with Crippen molar-refractivity contribution in [1.29, 1.82) is 0 Å². The van der Waals surface area contributed by atoms with Crippen LogP contribution in [-0.2, 0) is 4.79 Å². The number of nitrogens with one attached hydrogen (secondary N) is 1. The lowest BCUT2D eigenvalue weighted by Crippen LogP contribution is -2.44. The highest BCUT2D eigenvalue weighted by Crippen LogP contribution is 2.27. The van der Waals surface area contributed by atoms with Gasteiger partial charge in [0, 0.05) is 22.2 Å². The van der Waals surface area contributed by atoms with E-state index >= 15 is 0 Å². The van der Waals surface area contributed by atoms with Crippen molar-refractivity contribution in [1.82, 2.24) is 5.32 Å². The van der Waals surface area contributed by atoms with E-state index in [1.165, 1.54) is 0 Å². The Hall–Kier alpha value is -1.26. The number of amides is 1. The van der Waals surface area contributed by atoms with Crippen LogP contribution in [0.5, 0.6) is 5.75 Å². The van der Waals surface area contributed by atoms with Gasteiger partial charge in [-0.3, -0.25) is 4.79 Å². The highest BCUT2D eigenvalue weighted by molar-refractivity contribution is 6.30. The molecule has 0 unspecified atom stereocenters. The van der Waals surface area contributed by atoms with Crippen LogP contribution in [0, 0.1) is 0 Å². The SMILES string of the molecule is CCC(C)(C)NC(=O)COc1ccc(Cl)cc1[C@@H](C)N. The minimum absolute atomic E-state index is 0.0369. The molecule has 3 N–H and O–H groups in total. The largest absolute Gasteiger partial charge is 0.483 e. The summed E-state index contributed by atoms with van der Waals surface area (Å²) in [5, 5.41) is 3.51. The number of nitrogens with two attached hydrogens (primary N) is 1. The first-order valence-corrected chi connectivity index (χ1v) is 7.12. The van der Waals surface area contributed by atoms with E-state index < -0.39 is 0 Å². The molecule has 0 heterocycles. The number of halogens is 1. The first-order valence-electron chi connectivity index (χ1n) is 6.74. The zero-order valence-electron chi connectivity index (χ0n) is 12.5. The van der Waals surface area contributed by atoms with Crippen LogP contribution in [0.15, 0.2) is 18.2 Å². The summed E-state index contributed by atoms with van der Waals surface area (Å²) in [5.41, 5.74) is 6.43. The van der Waals surface area contributed by atoms with Crippen LogP contribution in [0.1, 0.15) is 45.7 Å².